The van der Waals surface area contributed by atoms with E-state index in [0.717, 1.165) is 19.9 Å². The third-order valence-corrected chi connectivity index (χ3v) is 4.77. The van der Waals surface area contributed by atoms with Crippen LogP contribution in [0.2, 0.25) is 0 Å². The Balaban J connectivity index is 2.04. The Morgan fingerprint density at radius 2 is 2.10 bits per heavy atom. The van der Waals surface area contributed by atoms with Crippen LogP contribution in [-0.4, -0.2) is 43.5 Å². The van der Waals surface area contributed by atoms with Gasteiger partial charge in [-0.25, -0.2) is 8.42 Å². The smallest absolute Gasteiger partial charge is 0.363 e. The molecule has 1 heterocycles. The molecule has 1 aliphatic rings. The van der Waals surface area contributed by atoms with E-state index in [2.05, 4.69) is 10.3 Å². The summed E-state index contributed by atoms with van der Waals surface area (Å²) in [6.07, 6.45) is -1.15. The Bertz CT molecular complexity index is 564. The minimum Gasteiger partial charge on any atom is -0.363 e. The van der Waals surface area contributed by atoms with E-state index in [9.17, 15) is 21.6 Å². The van der Waals surface area contributed by atoms with Crippen LogP contribution in [-0.2, 0) is 16.6 Å². The molecule has 0 saturated heterocycles. The second-order valence-electron chi connectivity index (χ2n) is 4.89. The lowest BCUT2D eigenvalue weighted by molar-refractivity contribution is -0.134. The first-order valence-corrected chi connectivity index (χ1v) is 7.56. The van der Waals surface area contributed by atoms with E-state index in [1.165, 1.54) is 12.3 Å². The van der Waals surface area contributed by atoms with E-state index in [-0.39, 0.29) is 4.90 Å². The highest BCUT2D eigenvalue weighted by atomic mass is 32.2. The second kappa shape index (κ2) is 5.38. The number of aromatic amines is 1. The van der Waals surface area contributed by atoms with E-state index >= 15 is 0 Å². The summed E-state index contributed by atoms with van der Waals surface area (Å²) in [5.74, 6) is 0. The lowest BCUT2D eigenvalue weighted by Crippen LogP contribution is -2.35. The van der Waals surface area contributed by atoms with Crippen molar-refractivity contribution in [1.29, 1.82) is 0 Å². The zero-order valence-electron chi connectivity index (χ0n) is 10.9. The van der Waals surface area contributed by atoms with Crippen LogP contribution in [0.25, 0.3) is 0 Å². The van der Waals surface area contributed by atoms with Crippen molar-refractivity contribution in [2.75, 3.05) is 13.6 Å². The monoisotopic (exact) mass is 311 g/mol. The summed E-state index contributed by atoms with van der Waals surface area (Å²) in [6.45, 7) is -1.03. The van der Waals surface area contributed by atoms with Crippen LogP contribution in [0, 0.1) is 0 Å². The zero-order chi connectivity index (χ0) is 15.0. The van der Waals surface area contributed by atoms with Crippen molar-refractivity contribution in [2.24, 2.45) is 0 Å². The van der Waals surface area contributed by atoms with Crippen molar-refractivity contribution in [1.82, 2.24) is 14.6 Å². The number of hydrogen-bond acceptors (Lipinski definition) is 3. The van der Waals surface area contributed by atoms with Crippen LogP contribution in [0.15, 0.2) is 17.2 Å². The van der Waals surface area contributed by atoms with Gasteiger partial charge in [-0.1, -0.05) is 0 Å². The SMILES string of the molecule is CN(CC(F)(F)F)S(=O)(=O)c1c[nH]c(CNC2CC2)c1. The topological polar surface area (TPSA) is 65.2 Å². The first kappa shape index (κ1) is 15.3. The average Bonchev–Trinajstić information content (AvgIpc) is 3.01. The zero-order valence-corrected chi connectivity index (χ0v) is 11.7. The van der Waals surface area contributed by atoms with Crippen LogP contribution in [0.3, 0.4) is 0 Å². The molecule has 9 heteroatoms. The van der Waals surface area contributed by atoms with Crippen LogP contribution in [0.1, 0.15) is 18.5 Å². The fraction of sp³-hybridized carbons (Fsp3) is 0.636. The predicted octanol–water partition coefficient (Wildman–Crippen LogP) is 1.45. The normalized spacial score (nSPS) is 16.9. The molecular formula is C11H16F3N3O2S. The van der Waals surface area contributed by atoms with Gasteiger partial charge in [0.2, 0.25) is 10.0 Å². The summed E-state index contributed by atoms with van der Waals surface area (Å²) < 4.78 is 61.0. The molecule has 0 bridgehead atoms. The number of rotatable bonds is 6. The van der Waals surface area contributed by atoms with Crippen LogP contribution in [0.4, 0.5) is 13.2 Å². The van der Waals surface area contributed by atoms with Crippen molar-refractivity contribution >= 4 is 10.0 Å². The molecule has 1 aromatic rings. The fourth-order valence-corrected chi connectivity index (χ4v) is 2.90. The van der Waals surface area contributed by atoms with Gasteiger partial charge in [0.15, 0.2) is 0 Å². The molecule has 1 aliphatic carbocycles. The molecular weight excluding hydrogens is 295 g/mol. The van der Waals surface area contributed by atoms with E-state index in [4.69, 9.17) is 0 Å². The number of H-pyrrole nitrogens is 1. The molecule has 114 valence electrons. The summed E-state index contributed by atoms with van der Waals surface area (Å²) in [6, 6.07) is 1.82. The Kier molecular flexibility index (Phi) is 4.12. The molecule has 0 spiro atoms. The second-order valence-corrected chi connectivity index (χ2v) is 6.94. The highest BCUT2D eigenvalue weighted by molar-refractivity contribution is 7.89. The molecule has 0 aliphatic heterocycles. The summed E-state index contributed by atoms with van der Waals surface area (Å²) in [4.78, 5) is 2.61. The Hall–Kier alpha value is -1.06. The summed E-state index contributed by atoms with van der Waals surface area (Å²) in [7, 11) is -3.21. The molecule has 0 radical (unpaired) electrons. The van der Waals surface area contributed by atoms with Crippen LogP contribution < -0.4 is 5.32 Å². The molecule has 2 N–H and O–H groups in total. The number of hydrogen-bond donors (Lipinski definition) is 2. The van der Waals surface area contributed by atoms with Gasteiger partial charge in [-0.3, -0.25) is 0 Å². The maximum atomic E-state index is 12.2. The maximum absolute atomic E-state index is 12.2. The molecule has 1 saturated carbocycles. The average molecular weight is 311 g/mol. The van der Waals surface area contributed by atoms with Gasteiger partial charge in [0.05, 0.1) is 4.90 Å². The van der Waals surface area contributed by atoms with Gasteiger partial charge < -0.3 is 10.3 Å². The fourth-order valence-electron chi connectivity index (χ4n) is 1.73. The number of alkyl halides is 3. The van der Waals surface area contributed by atoms with E-state index in [0.29, 0.717) is 22.6 Å². The number of sulfonamides is 1. The highest BCUT2D eigenvalue weighted by Gasteiger charge is 2.35. The minimum absolute atomic E-state index is 0.156. The number of aromatic nitrogens is 1. The van der Waals surface area contributed by atoms with Crippen LogP contribution in [0.5, 0.6) is 0 Å². The molecule has 0 atom stereocenters. The lowest BCUT2D eigenvalue weighted by Gasteiger charge is -2.17. The molecule has 5 nitrogen and oxygen atoms in total. The Morgan fingerprint density at radius 1 is 1.45 bits per heavy atom. The first-order chi connectivity index (χ1) is 9.18. The lowest BCUT2D eigenvalue weighted by atomic mass is 10.4. The number of nitrogens with zero attached hydrogens (tertiary/aromatic N) is 1. The van der Waals surface area contributed by atoms with Crippen LogP contribution >= 0.6 is 0 Å². The molecule has 20 heavy (non-hydrogen) atoms. The van der Waals surface area contributed by atoms with Gasteiger partial charge in [0.25, 0.3) is 0 Å². The van der Waals surface area contributed by atoms with Crippen molar-refractivity contribution in [2.45, 2.75) is 36.5 Å². The molecule has 0 amide bonds. The van der Waals surface area contributed by atoms with E-state index in [1.54, 1.807) is 0 Å². The predicted molar refractivity (Wildman–Crippen MR) is 66.5 cm³/mol. The highest BCUT2D eigenvalue weighted by Crippen LogP contribution is 2.22. The maximum Gasteiger partial charge on any atom is 0.402 e. The molecule has 0 aromatic carbocycles. The minimum atomic E-state index is -4.56. The third-order valence-electron chi connectivity index (χ3n) is 2.98. The van der Waals surface area contributed by atoms with Crippen molar-refractivity contribution in [3.8, 4) is 0 Å². The van der Waals surface area contributed by atoms with E-state index < -0.39 is 22.7 Å². The molecule has 2 rings (SSSR count). The first-order valence-electron chi connectivity index (χ1n) is 6.12. The number of halogens is 3. The standard InChI is InChI=1S/C11H16F3N3O2S/c1-17(7-11(12,13)14)20(18,19)10-4-9(16-6-10)5-15-8-2-3-8/h4,6,8,15-16H,2-3,5,7H2,1H3. The Labute approximate surface area is 115 Å². The van der Waals surface area contributed by atoms with Gasteiger partial charge in [-0.15, -0.1) is 0 Å². The summed E-state index contributed by atoms with van der Waals surface area (Å²) in [5.41, 5.74) is 0.635. The van der Waals surface area contributed by atoms with Crippen molar-refractivity contribution in [3.05, 3.63) is 18.0 Å². The summed E-state index contributed by atoms with van der Waals surface area (Å²) >= 11 is 0. The van der Waals surface area contributed by atoms with Gasteiger partial charge >= 0.3 is 6.18 Å². The van der Waals surface area contributed by atoms with Gasteiger partial charge in [0.1, 0.15) is 6.54 Å². The summed E-state index contributed by atoms with van der Waals surface area (Å²) in [5, 5.41) is 3.19. The van der Waals surface area contributed by atoms with Crippen molar-refractivity contribution in [3.63, 3.8) is 0 Å². The Morgan fingerprint density at radius 3 is 2.65 bits per heavy atom. The van der Waals surface area contributed by atoms with Gasteiger partial charge in [0, 0.05) is 31.5 Å². The largest absolute Gasteiger partial charge is 0.402 e. The molecule has 0 unspecified atom stereocenters. The van der Waals surface area contributed by atoms with Gasteiger partial charge in [-0.05, 0) is 18.9 Å². The molecule has 1 aromatic heterocycles. The quantitative estimate of drug-likeness (QED) is 0.836. The van der Waals surface area contributed by atoms with Gasteiger partial charge in [-0.2, -0.15) is 17.5 Å². The van der Waals surface area contributed by atoms with Crippen molar-refractivity contribution < 1.29 is 21.6 Å². The van der Waals surface area contributed by atoms with E-state index in [1.807, 2.05) is 0 Å². The number of nitrogens with one attached hydrogen (secondary N) is 2. The molecule has 1 fully saturated rings. The third kappa shape index (κ3) is 3.97.